The normalized spacial score (nSPS) is 14.3. The van der Waals surface area contributed by atoms with Crippen LogP contribution in [-0.2, 0) is 11.3 Å². The number of carbonyl (C=O) groups excluding carboxylic acids is 1. The summed E-state index contributed by atoms with van der Waals surface area (Å²) >= 11 is 2.89. The average molecular weight is 346 g/mol. The Morgan fingerprint density at radius 3 is 3.09 bits per heavy atom. The summed E-state index contributed by atoms with van der Waals surface area (Å²) in [6.45, 7) is 0.310. The maximum atomic E-state index is 12.2. The van der Waals surface area contributed by atoms with Gasteiger partial charge in [-0.15, -0.1) is 22.7 Å². The lowest BCUT2D eigenvalue weighted by atomic mass is 10.3. The first-order valence-electron chi connectivity index (χ1n) is 7.38. The molecule has 0 aliphatic heterocycles. The van der Waals surface area contributed by atoms with E-state index in [9.17, 15) is 9.59 Å². The second-order valence-electron chi connectivity index (χ2n) is 5.53. The maximum Gasteiger partial charge on any atom is 0.262 e. The molecule has 23 heavy (non-hydrogen) atoms. The van der Waals surface area contributed by atoms with Gasteiger partial charge in [0.05, 0.1) is 17.4 Å². The van der Waals surface area contributed by atoms with Crippen molar-refractivity contribution in [3.63, 3.8) is 0 Å². The van der Waals surface area contributed by atoms with Crippen LogP contribution < -0.4 is 10.9 Å². The molecule has 0 radical (unpaired) electrons. The van der Waals surface area contributed by atoms with Gasteiger partial charge in [-0.3, -0.25) is 14.2 Å². The molecule has 1 fully saturated rings. The Morgan fingerprint density at radius 2 is 2.26 bits per heavy atom. The number of carbonyl (C=O) groups is 1. The van der Waals surface area contributed by atoms with Crippen molar-refractivity contribution < 1.29 is 4.79 Å². The zero-order valence-corrected chi connectivity index (χ0v) is 13.8. The van der Waals surface area contributed by atoms with Gasteiger partial charge in [0.15, 0.2) is 5.13 Å². The van der Waals surface area contributed by atoms with Crippen LogP contribution in [0.4, 0.5) is 5.13 Å². The van der Waals surface area contributed by atoms with E-state index >= 15 is 0 Å². The van der Waals surface area contributed by atoms with Gasteiger partial charge in [0.1, 0.15) is 4.83 Å². The summed E-state index contributed by atoms with van der Waals surface area (Å²) in [6.07, 6.45) is 4.11. The predicted octanol–water partition coefficient (Wildman–Crippen LogP) is 2.82. The Labute approximate surface area is 139 Å². The lowest BCUT2D eigenvalue weighted by molar-refractivity contribution is -0.116. The SMILES string of the molecule is O=C(CCn1cnc2sccc2c1=O)Nc1nc(C2CC2)cs1. The highest BCUT2D eigenvalue weighted by atomic mass is 32.1. The van der Waals surface area contributed by atoms with E-state index < -0.39 is 0 Å². The highest BCUT2D eigenvalue weighted by Crippen LogP contribution is 2.40. The van der Waals surface area contributed by atoms with Gasteiger partial charge in [-0.25, -0.2) is 9.97 Å². The van der Waals surface area contributed by atoms with Crippen molar-refractivity contribution in [3.05, 3.63) is 39.2 Å². The summed E-state index contributed by atoms with van der Waals surface area (Å²) in [7, 11) is 0. The number of thiophene rings is 1. The first kappa shape index (κ1) is 14.5. The predicted molar refractivity (Wildman–Crippen MR) is 91.2 cm³/mol. The fourth-order valence-corrected chi connectivity index (χ4v) is 3.90. The smallest absolute Gasteiger partial charge is 0.262 e. The third-order valence-electron chi connectivity index (χ3n) is 3.79. The van der Waals surface area contributed by atoms with Crippen molar-refractivity contribution in [1.82, 2.24) is 14.5 Å². The molecule has 1 amide bonds. The zero-order chi connectivity index (χ0) is 15.8. The number of anilines is 1. The topological polar surface area (TPSA) is 76.9 Å². The summed E-state index contributed by atoms with van der Waals surface area (Å²) in [4.78, 5) is 33.6. The molecule has 0 unspecified atom stereocenters. The van der Waals surface area contributed by atoms with E-state index in [1.165, 1.54) is 46.4 Å². The number of hydrogen-bond acceptors (Lipinski definition) is 6. The molecule has 1 aliphatic rings. The molecule has 118 valence electrons. The van der Waals surface area contributed by atoms with Gasteiger partial charge < -0.3 is 5.32 Å². The Morgan fingerprint density at radius 1 is 1.39 bits per heavy atom. The zero-order valence-electron chi connectivity index (χ0n) is 12.2. The number of aromatic nitrogens is 3. The van der Waals surface area contributed by atoms with E-state index in [1.807, 2.05) is 10.8 Å². The van der Waals surface area contributed by atoms with Gasteiger partial charge in [0.2, 0.25) is 5.91 Å². The number of nitrogens with zero attached hydrogens (tertiary/aromatic N) is 3. The standard InChI is InChI=1S/C15H14N4O2S2/c20-12(18-15-17-11(7-23-15)9-1-2-9)3-5-19-8-16-13-10(14(19)21)4-6-22-13/h4,6-9H,1-3,5H2,(H,17,18,20). The van der Waals surface area contributed by atoms with Gasteiger partial charge in [-0.1, -0.05) is 0 Å². The van der Waals surface area contributed by atoms with E-state index in [2.05, 4.69) is 15.3 Å². The quantitative estimate of drug-likeness (QED) is 0.771. The van der Waals surface area contributed by atoms with Crippen LogP contribution in [0.1, 0.15) is 30.9 Å². The largest absolute Gasteiger partial charge is 0.302 e. The maximum absolute atomic E-state index is 12.2. The fourth-order valence-electron chi connectivity index (χ4n) is 2.37. The molecule has 1 N–H and O–H groups in total. The molecular weight excluding hydrogens is 332 g/mol. The Balaban J connectivity index is 1.39. The molecule has 3 aromatic heterocycles. The highest BCUT2D eigenvalue weighted by Gasteiger charge is 2.26. The summed E-state index contributed by atoms with van der Waals surface area (Å²) in [5.74, 6) is 0.443. The summed E-state index contributed by atoms with van der Waals surface area (Å²) in [5, 5.41) is 7.89. The molecule has 0 atom stereocenters. The second kappa shape index (κ2) is 5.86. The van der Waals surface area contributed by atoms with Gasteiger partial charge in [-0.2, -0.15) is 0 Å². The van der Waals surface area contributed by atoms with Crippen molar-refractivity contribution in [2.24, 2.45) is 0 Å². The van der Waals surface area contributed by atoms with Crippen molar-refractivity contribution in [3.8, 4) is 0 Å². The third-order valence-corrected chi connectivity index (χ3v) is 5.39. The van der Waals surface area contributed by atoms with Crippen molar-refractivity contribution in [2.45, 2.75) is 31.7 Å². The minimum atomic E-state index is -0.140. The molecular formula is C15H14N4O2S2. The fraction of sp³-hybridized carbons (Fsp3) is 0.333. The summed E-state index contributed by atoms with van der Waals surface area (Å²) in [5.41, 5.74) is 0.975. The number of hydrogen-bond donors (Lipinski definition) is 1. The Hall–Kier alpha value is -2.06. The number of aryl methyl sites for hydroxylation is 1. The van der Waals surface area contributed by atoms with Crippen molar-refractivity contribution >= 4 is 43.9 Å². The number of nitrogens with one attached hydrogen (secondary N) is 1. The van der Waals surface area contributed by atoms with E-state index in [4.69, 9.17) is 0 Å². The van der Waals surface area contributed by atoms with Crippen LogP contribution in [0.15, 0.2) is 27.9 Å². The molecule has 3 heterocycles. The van der Waals surface area contributed by atoms with Gasteiger partial charge in [0.25, 0.3) is 5.56 Å². The molecule has 0 spiro atoms. The average Bonchev–Trinajstić information content (AvgIpc) is 3.09. The first-order valence-corrected chi connectivity index (χ1v) is 9.14. The van der Waals surface area contributed by atoms with Crippen LogP contribution >= 0.6 is 22.7 Å². The number of fused-ring (bicyclic) bond motifs is 1. The van der Waals surface area contributed by atoms with Crippen molar-refractivity contribution in [1.29, 1.82) is 0 Å². The number of amides is 1. The van der Waals surface area contributed by atoms with Crippen LogP contribution in [0.5, 0.6) is 0 Å². The minimum absolute atomic E-state index is 0.102. The molecule has 0 aromatic carbocycles. The molecule has 1 saturated carbocycles. The summed E-state index contributed by atoms with van der Waals surface area (Å²) in [6, 6.07) is 1.76. The molecule has 6 nitrogen and oxygen atoms in total. The van der Waals surface area contributed by atoms with Crippen LogP contribution in [0, 0.1) is 0 Å². The van der Waals surface area contributed by atoms with E-state index in [1.54, 1.807) is 6.07 Å². The number of rotatable bonds is 5. The van der Waals surface area contributed by atoms with E-state index in [-0.39, 0.29) is 17.9 Å². The Bertz CT molecular complexity index is 923. The third kappa shape index (κ3) is 3.04. The monoisotopic (exact) mass is 346 g/mol. The van der Waals surface area contributed by atoms with E-state index in [0.29, 0.717) is 23.0 Å². The lowest BCUT2D eigenvalue weighted by Gasteiger charge is -2.05. The molecule has 0 bridgehead atoms. The summed E-state index contributed by atoms with van der Waals surface area (Å²) < 4.78 is 1.48. The van der Waals surface area contributed by atoms with Crippen molar-refractivity contribution in [2.75, 3.05) is 5.32 Å². The minimum Gasteiger partial charge on any atom is -0.302 e. The molecule has 0 saturated heterocycles. The van der Waals surface area contributed by atoms with Crippen LogP contribution in [-0.4, -0.2) is 20.4 Å². The molecule has 3 aromatic rings. The van der Waals surface area contributed by atoms with E-state index in [0.717, 1.165) is 10.5 Å². The highest BCUT2D eigenvalue weighted by molar-refractivity contribution is 7.16. The Kier molecular flexibility index (Phi) is 3.70. The van der Waals surface area contributed by atoms with Gasteiger partial charge in [0, 0.05) is 24.3 Å². The van der Waals surface area contributed by atoms with Gasteiger partial charge in [-0.05, 0) is 24.3 Å². The number of thiazole rings is 1. The van der Waals surface area contributed by atoms with Crippen LogP contribution in [0.3, 0.4) is 0 Å². The molecule has 4 rings (SSSR count). The molecule has 8 heteroatoms. The van der Waals surface area contributed by atoms with Gasteiger partial charge >= 0.3 is 0 Å². The molecule has 1 aliphatic carbocycles. The second-order valence-corrected chi connectivity index (χ2v) is 7.29. The van der Waals surface area contributed by atoms with Crippen LogP contribution in [0.2, 0.25) is 0 Å². The lowest BCUT2D eigenvalue weighted by Crippen LogP contribution is -2.23. The first-order chi connectivity index (χ1) is 11.2. The van der Waals surface area contributed by atoms with Crippen LogP contribution in [0.25, 0.3) is 10.2 Å².